The Bertz CT molecular complexity index is 1950. The number of para-hydroxylation sites is 1. The molecular weight excluding hydrogens is 705 g/mol. The summed E-state index contributed by atoms with van der Waals surface area (Å²) in [4.78, 5) is 9.69. The molecule has 0 spiro atoms. The Labute approximate surface area is 331 Å². The van der Waals surface area contributed by atoms with Gasteiger partial charge in [0.05, 0.1) is 13.2 Å². The number of hydrogen-bond donors (Lipinski definition) is 0. The molecule has 2 unspecified atom stereocenters. The second-order valence-electron chi connectivity index (χ2n) is 16.3. The van der Waals surface area contributed by atoms with E-state index in [0.717, 1.165) is 63.7 Å². The van der Waals surface area contributed by atoms with Crippen LogP contribution in [0.4, 0.5) is 17.1 Å². The minimum Gasteiger partial charge on any atom is -0.374 e. The van der Waals surface area contributed by atoms with Crippen molar-refractivity contribution in [3.8, 4) is 0 Å². The molecule has 2 saturated heterocycles. The lowest BCUT2D eigenvalue weighted by Crippen LogP contribution is -2.51. The van der Waals surface area contributed by atoms with Crippen molar-refractivity contribution in [1.29, 1.82) is 0 Å². The Morgan fingerprint density at radius 2 is 1.22 bits per heavy atom. The van der Waals surface area contributed by atoms with Crippen LogP contribution in [-0.4, -0.2) is 81.3 Å². The van der Waals surface area contributed by atoms with Crippen LogP contribution in [0.1, 0.15) is 57.2 Å². The highest BCUT2D eigenvalue weighted by Gasteiger charge is 2.60. The van der Waals surface area contributed by atoms with E-state index in [0.29, 0.717) is 0 Å². The van der Waals surface area contributed by atoms with Crippen molar-refractivity contribution < 1.29 is 9.47 Å². The van der Waals surface area contributed by atoms with Gasteiger partial charge in [-0.3, -0.25) is 0 Å². The molecule has 5 aliphatic rings. The number of ether oxygens (including phenoxy) is 2. The molecule has 0 N–H and O–H groups in total. The van der Waals surface area contributed by atoms with Gasteiger partial charge in [0, 0.05) is 85.4 Å². The molecule has 0 saturated carbocycles. The summed E-state index contributed by atoms with van der Waals surface area (Å²) in [6.07, 6.45) is 16.0. The van der Waals surface area contributed by atoms with E-state index < -0.39 is 11.4 Å². The summed E-state index contributed by atoms with van der Waals surface area (Å²) in [5, 5.41) is 0. The lowest BCUT2D eigenvalue weighted by Gasteiger charge is -2.41. The Morgan fingerprint density at radius 1 is 0.685 bits per heavy atom. The normalized spacial score (nSPS) is 24.8. The van der Waals surface area contributed by atoms with Gasteiger partial charge in [-0.05, 0) is 77.6 Å². The number of nitrogens with zero attached hydrogens (tertiary/aromatic N) is 4. The SMILES string of the molecule is CN(CCSSCCN(C)c1ccc(/C=C/C23OCCN2c2ccccc2C3(C)C)cc1)c1ccc(/C=C/C23OCCN2C2=C(C=CCC2)C3(C)C)cc1. The highest BCUT2D eigenvalue weighted by molar-refractivity contribution is 8.76. The molecule has 3 aromatic rings. The lowest BCUT2D eigenvalue weighted by molar-refractivity contribution is -0.0786. The molecule has 2 atom stereocenters. The average molecular weight is 761 g/mol. The molecule has 0 amide bonds. The second-order valence-corrected chi connectivity index (χ2v) is 19.0. The first-order chi connectivity index (χ1) is 26.1. The summed E-state index contributed by atoms with van der Waals surface area (Å²) in [6, 6.07) is 26.6. The first-order valence-electron chi connectivity index (χ1n) is 19.7. The number of fused-ring (bicyclic) bond motifs is 5. The molecule has 4 aliphatic heterocycles. The van der Waals surface area contributed by atoms with E-state index in [-0.39, 0.29) is 10.8 Å². The van der Waals surface area contributed by atoms with Crippen molar-refractivity contribution in [3.05, 3.63) is 125 Å². The first-order valence-corrected chi connectivity index (χ1v) is 22.1. The molecule has 54 heavy (non-hydrogen) atoms. The van der Waals surface area contributed by atoms with Crippen LogP contribution in [0.15, 0.2) is 108 Å². The zero-order valence-corrected chi connectivity index (χ0v) is 34.5. The van der Waals surface area contributed by atoms with E-state index in [4.69, 9.17) is 9.47 Å². The summed E-state index contributed by atoms with van der Waals surface area (Å²) in [5.41, 5.74) is 9.40. The summed E-state index contributed by atoms with van der Waals surface area (Å²) in [6.45, 7) is 14.7. The van der Waals surface area contributed by atoms with Crippen molar-refractivity contribution in [2.45, 2.75) is 57.4 Å². The Kier molecular flexibility index (Phi) is 10.3. The fraction of sp³-hybridized carbons (Fsp3) is 0.435. The third-order valence-corrected chi connectivity index (χ3v) is 15.0. The smallest absolute Gasteiger partial charge is 0.170 e. The van der Waals surface area contributed by atoms with Crippen molar-refractivity contribution in [3.63, 3.8) is 0 Å². The first kappa shape index (κ1) is 37.4. The monoisotopic (exact) mass is 760 g/mol. The molecule has 4 heterocycles. The van der Waals surface area contributed by atoms with Gasteiger partial charge in [0.25, 0.3) is 0 Å². The fourth-order valence-electron chi connectivity index (χ4n) is 9.38. The van der Waals surface area contributed by atoms with Crippen LogP contribution in [0.3, 0.4) is 0 Å². The molecule has 0 aromatic heterocycles. The third-order valence-electron chi connectivity index (χ3n) is 12.7. The standard InChI is InChI=1S/C46H56N4O2S2/c1-43(2)39-11-7-9-13-41(39)49-27-31-51-45(43,49)25-23-35-15-19-37(20-16-35)47(5)29-33-53-54-34-30-48(6)38-21-17-36(18-22-38)24-26-46-44(3,4)40-12-8-10-14-42(40)50(46)28-32-52-46/h7-9,11-13,15-26H,10,14,27-34H2,1-6H3/b25-23+,26-24+. The van der Waals surface area contributed by atoms with Gasteiger partial charge < -0.3 is 29.1 Å². The van der Waals surface area contributed by atoms with Gasteiger partial charge in [-0.1, -0.05) is 116 Å². The maximum absolute atomic E-state index is 6.56. The predicted octanol–water partition coefficient (Wildman–Crippen LogP) is 9.86. The quantitative estimate of drug-likeness (QED) is 0.126. The van der Waals surface area contributed by atoms with Crippen LogP contribution in [0.25, 0.3) is 12.2 Å². The summed E-state index contributed by atoms with van der Waals surface area (Å²) in [5.74, 6) is 2.15. The van der Waals surface area contributed by atoms with Crippen molar-refractivity contribution in [1.82, 2.24) is 4.90 Å². The highest BCUT2D eigenvalue weighted by atomic mass is 33.1. The van der Waals surface area contributed by atoms with Crippen molar-refractivity contribution in [2.24, 2.45) is 5.41 Å². The van der Waals surface area contributed by atoms with E-state index in [9.17, 15) is 0 Å². The molecule has 3 aromatic carbocycles. The molecule has 2 fully saturated rings. The average Bonchev–Trinajstić information content (AvgIpc) is 3.91. The topological polar surface area (TPSA) is 31.4 Å². The number of benzene rings is 3. The van der Waals surface area contributed by atoms with Gasteiger partial charge in [0.2, 0.25) is 0 Å². The van der Waals surface area contributed by atoms with Gasteiger partial charge in [-0.25, -0.2) is 0 Å². The Balaban J connectivity index is 0.774. The van der Waals surface area contributed by atoms with E-state index in [1.165, 1.54) is 45.0 Å². The Hall–Kier alpha value is -3.56. The molecule has 0 bridgehead atoms. The number of anilines is 3. The van der Waals surface area contributed by atoms with E-state index in [2.05, 4.69) is 171 Å². The van der Waals surface area contributed by atoms with Crippen LogP contribution >= 0.6 is 21.6 Å². The lowest BCUT2D eigenvalue weighted by atomic mass is 9.75. The molecular formula is C46H56N4O2S2. The number of rotatable bonds is 13. The maximum atomic E-state index is 6.56. The molecule has 1 aliphatic carbocycles. The van der Waals surface area contributed by atoms with Gasteiger partial charge in [-0.15, -0.1) is 0 Å². The zero-order chi connectivity index (χ0) is 37.6. The zero-order valence-electron chi connectivity index (χ0n) is 32.9. The van der Waals surface area contributed by atoms with E-state index in [1.54, 1.807) is 0 Å². The third kappa shape index (κ3) is 6.31. The second kappa shape index (κ2) is 14.8. The highest BCUT2D eigenvalue weighted by Crippen LogP contribution is 2.57. The van der Waals surface area contributed by atoms with Crippen LogP contribution in [0.2, 0.25) is 0 Å². The van der Waals surface area contributed by atoms with Gasteiger partial charge >= 0.3 is 0 Å². The van der Waals surface area contributed by atoms with Crippen molar-refractivity contribution >= 4 is 50.8 Å². The fourth-order valence-corrected chi connectivity index (χ4v) is 11.5. The molecule has 8 rings (SSSR count). The summed E-state index contributed by atoms with van der Waals surface area (Å²) in [7, 11) is 8.31. The van der Waals surface area contributed by atoms with Crippen molar-refractivity contribution in [2.75, 3.05) is 79.7 Å². The van der Waals surface area contributed by atoms with Gasteiger partial charge in [0.15, 0.2) is 11.4 Å². The minimum absolute atomic E-state index is 0.0868. The van der Waals surface area contributed by atoms with Gasteiger partial charge in [-0.2, -0.15) is 0 Å². The molecule has 8 heteroatoms. The van der Waals surface area contributed by atoms with Crippen LogP contribution < -0.4 is 14.7 Å². The molecule has 6 nitrogen and oxygen atoms in total. The van der Waals surface area contributed by atoms with Crippen LogP contribution in [0, 0.1) is 5.41 Å². The number of hydrogen-bond acceptors (Lipinski definition) is 8. The number of allylic oxidation sites excluding steroid dienone is 3. The molecule has 284 valence electrons. The van der Waals surface area contributed by atoms with Crippen LogP contribution in [0.5, 0.6) is 0 Å². The Morgan fingerprint density at radius 3 is 1.81 bits per heavy atom. The summed E-state index contributed by atoms with van der Waals surface area (Å²) < 4.78 is 13.1. The minimum atomic E-state index is -0.450. The van der Waals surface area contributed by atoms with Gasteiger partial charge in [0.1, 0.15) is 0 Å². The summed E-state index contributed by atoms with van der Waals surface area (Å²) >= 11 is 0. The van der Waals surface area contributed by atoms with E-state index in [1.807, 2.05) is 21.6 Å². The maximum Gasteiger partial charge on any atom is 0.170 e. The van der Waals surface area contributed by atoms with Crippen LogP contribution in [-0.2, 0) is 14.9 Å². The molecule has 0 radical (unpaired) electrons. The predicted molar refractivity (Wildman–Crippen MR) is 232 cm³/mol. The van der Waals surface area contributed by atoms with E-state index >= 15 is 0 Å². The largest absolute Gasteiger partial charge is 0.374 e.